The number of rotatable bonds is 3. The number of nitrogens with zero attached hydrogens (tertiary/aromatic N) is 7. The Morgan fingerprint density at radius 3 is 2.67 bits per heavy atom. The molecule has 156 valence electrons. The van der Waals surface area contributed by atoms with Gasteiger partial charge in [0.2, 0.25) is 18.1 Å². The molecule has 0 atom stereocenters. The van der Waals surface area contributed by atoms with E-state index in [1.165, 1.54) is 12.8 Å². The van der Waals surface area contributed by atoms with Gasteiger partial charge < -0.3 is 20.9 Å². The van der Waals surface area contributed by atoms with Crippen LogP contribution in [0.5, 0.6) is 0 Å². The van der Waals surface area contributed by atoms with Crippen LogP contribution >= 0.6 is 0 Å². The van der Waals surface area contributed by atoms with Crippen molar-refractivity contribution in [2.45, 2.75) is 38.6 Å². The zero-order chi connectivity index (χ0) is 20.9. The first-order valence-electron chi connectivity index (χ1n) is 10.4. The van der Waals surface area contributed by atoms with Crippen LogP contribution in [-0.2, 0) is 0 Å². The van der Waals surface area contributed by atoms with Crippen LogP contribution in [0.1, 0.15) is 31.4 Å². The fourth-order valence-corrected chi connectivity index (χ4v) is 4.28. The lowest BCUT2D eigenvalue weighted by atomic mass is 10.1. The van der Waals surface area contributed by atoms with E-state index < -0.39 is 0 Å². The number of aryl methyl sites for hydroxylation is 1. The zero-order valence-corrected chi connectivity index (χ0v) is 17.3. The molecular weight excluding hydrogens is 378 g/mol. The molecule has 0 amide bonds. The van der Waals surface area contributed by atoms with E-state index in [9.17, 15) is 0 Å². The molecule has 4 rings (SSSR count). The van der Waals surface area contributed by atoms with E-state index in [2.05, 4.69) is 35.1 Å². The molecule has 0 bridgehead atoms. The Morgan fingerprint density at radius 1 is 1.23 bits per heavy atom. The summed E-state index contributed by atoms with van der Waals surface area (Å²) in [6, 6.07) is 4.33. The third-order valence-electron chi connectivity index (χ3n) is 5.76. The van der Waals surface area contributed by atoms with Gasteiger partial charge in [-0.1, -0.05) is 18.9 Å². The summed E-state index contributed by atoms with van der Waals surface area (Å²) in [6.45, 7) is 4.94. The lowest BCUT2D eigenvalue weighted by Gasteiger charge is -2.38. The van der Waals surface area contributed by atoms with Crippen LogP contribution in [0.25, 0.3) is 11.1 Å². The lowest BCUT2D eigenvalue weighted by molar-refractivity contribution is 0.366. The smallest absolute Gasteiger partial charge is 0.222 e. The average molecular weight is 406 g/mol. The van der Waals surface area contributed by atoms with Crippen molar-refractivity contribution in [3.05, 3.63) is 30.2 Å². The van der Waals surface area contributed by atoms with Crippen LogP contribution in [0.4, 0.5) is 11.8 Å². The summed E-state index contributed by atoms with van der Waals surface area (Å²) >= 11 is 0. The van der Waals surface area contributed by atoms with Gasteiger partial charge in [-0.05, 0) is 25.8 Å². The predicted octanol–water partition coefficient (Wildman–Crippen LogP) is 1.92. The standard InChI is InChI=1S/C21H27N9/c1-15-18(16-5-4-8-24-13-16)19(28-20(23)26-15)29-9-11-30(12-10-29)21(25-14-22)27-17-6-2-3-7-17/h4-5,8,13,17H,2-3,6-7,9-12H2,1H3,(H,25,27)(H2,23,26,28). The average Bonchev–Trinajstić information content (AvgIpc) is 3.27. The quantitative estimate of drug-likeness (QED) is 0.451. The number of nitrogens with one attached hydrogen (secondary N) is 1. The van der Waals surface area contributed by atoms with Gasteiger partial charge in [0.05, 0.1) is 5.69 Å². The number of nitrogens with two attached hydrogens (primary N) is 1. The Bertz CT molecular complexity index is 937. The molecule has 2 aliphatic rings. The highest BCUT2D eigenvalue weighted by Gasteiger charge is 2.26. The first-order chi connectivity index (χ1) is 14.7. The van der Waals surface area contributed by atoms with Crippen LogP contribution < -0.4 is 16.0 Å². The fraction of sp³-hybridized carbons (Fsp3) is 0.476. The number of guanidine groups is 1. The number of nitrogen functional groups attached to an aromatic ring is 1. The summed E-state index contributed by atoms with van der Waals surface area (Å²) in [5, 5.41) is 12.6. The molecule has 3 heterocycles. The summed E-state index contributed by atoms with van der Waals surface area (Å²) in [6.07, 6.45) is 10.3. The molecule has 0 aromatic carbocycles. The van der Waals surface area contributed by atoms with Crippen molar-refractivity contribution >= 4 is 17.7 Å². The zero-order valence-electron chi connectivity index (χ0n) is 17.3. The number of piperazine rings is 1. The van der Waals surface area contributed by atoms with Crippen LogP contribution in [0, 0.1) is 18.4 Å². The van der Waals surface area contributed by atoms with Gasteiger partial charge in [-0.3, -0.25) is 4.98 Å². The second-order valence-corrected chi connectivity index (χ2v) is 7.74. The Hall–Kier alpha value is -3.41. The molecule has 1 aliphatic carbocycles. The van der Waals surface area contributed by atoms with Crippen LogP contribution in [-0.4, -0.2) is 58.0 Å². The van der Waals surface area contributed by atoms with Crippen molar-refractivity contribution in [2.75, 3.05) is 36.8 Å². The Balaban J connectivity index is 1.53. The summed E-state index contributed by atoms with van der Waals surface area (Å²) in [4.78, 5) is 21.6. The monoisotopic (exact) mass is 405 g/mol. The molecule has 3 N–H and O–H groups in total. The summed E-state index contributed by atoms with van der Waals surface area (Å²) in [5.74, 6) is 1.79. The Kier molecular flexibility index (Phi) is 5.93. The van der Waals surface area contributed by atoms with Gasteiger partial charge in [0.1, 0.15) is 5.82 Å². The molecular formula is C21H27N9. The van der Waals surface area contributed by atoms with Gasteiger partial charge in [0, 0.05) is 55.7 Å². The van der Waals surface area contributed by atoms with E-state index in [1.54, 1.807) is 6.20 Å². The van der Waals surface area contributed by atoms with Crippen LogP contribution in [0.15, 0.2) is 29.5 Å². The Labute approximate surface area is 176 Å². The second-order valence-electron chi connectivity index (χ2n) is 7.74. The molecule has 1 saturated carbocycles. The van der Waals surface area contributed by atoms with Crippen molar-refractivity contribution in [1.29, 1.82) is 5.26 Å². The highest BCUT2D eigenvalue weighted by molar-refractivity contribution is 5.82. The molecule has 2 aromatic heterocycles. The van der Waals surface area contributed by atoms with E-state index in [0.29, 0.717) is 12.0 Å². The topological polar surface area (TPSA) is 119 Å². The van der Waals surface area contributed by atoms with Crippen molar-refractivity contribution < 1.29 is 0 Å². The number of hydrogen-bond acceptors (Lipinski definition) is 7. The third kappa shape index (κ3) is 4.27. The molecule has 0 spiro atoms. The molecule has 9 nitrogen and oxygen atoms in total. The van der Waals surface area contributed by atoms with Gasteiger partial charge in [-0.2, -0.15) is 10.2 Å². The molecule has 2 fully saturated rings. The van der Waals surface area contributed by atoms with Crippen LogP contribution in [0.2, 0.25) is 0 Å². The maximum absolute atomic E-state index is 9.14. The summed E-state index contributed by atoms with van der Waals surface area (Å²) in [5.41, 5.74) is 8.75. The van der Waals surface area contributed by atoms with E-state index in [1.807, 2.05) is 31.4 Å². The number of aromatic nitrogens is 3. The summed E-state index contributed by atoms with van der Waals surface area (Å²) < 4.78 is 0. The molecule has 2 aromatic rings. The molecule has 0 radical (unpaired) electrons. The second kappa shape index (κ2) is 8.95. The van der Waals surface area contributed by atoms with E-state index in [-0.39, 0.29) is 5.95 Å². The van der Waals surface area contributed by atoms with Crippen LogP contribution in [0.3, 0.4) is 0 Å². The minimum atomic E-state index is 0.271. The highest BCUT2D eigenvalue weighted by atomic mass is 15.4. The summed E-state index contributed by atoms with van der Waals surface area (Å²) in [7, 11) is 0. The van der Waals surface area contributed by atoms with E-state index in [4.69, 9.17) is 11.0 Å². The molecule has 9 heteroatoms. The van der Waals surface area contributed by atoms with E-state index in [0.717, 1.165) is 61.7 Å². The molecule has 1 saturated heterocycles. The molecule has 1 aliphatic heterocycles. The van der Waals surface area contributed by atoms with Crippen molar-refractivity contribution in [1.82, 2.24) is 25.2 Å². The fourth-order valence-electron chi connectivity index (χ4n) is 4.28. The number of pyridine rings is 1. The minimum Gasteiger partial charge on any atom is -0.368 e. The predicted molar refractivity (Wildman–Crippen MR) is 117 cm³/mol. The highest BCUT2D eigenvalue weighted by Crippen LogP contribution is 2.32. The first-order valence-corrected chi connectivity index (χ1v) is 10.4. The minimum absolute atomic E-state index is 0.271. The number of hydrogen-bond donors (Lipinski definition) is 2. The van der Waals surface area contributed by atoms with Gasteiger partial charge in [0.25, 0.3) is 0 Å². The SMILES string of the molecule is Cc1nc(N)nc(N2CCN(/C(=N\C#N)NC3CCCC3)CC2)c1-c1cccnc1. The van der Waals surface area contributed by atoms with Crippen molar-refractivity contribution in [3.8, 4) is 17.3 Å². The number of anilines is 2. The van der Waals surface area contributed by atoms with Crippen molar-refractivity contribution in [2.24, 2.45) is 4.99 Å². The van der Waals surface area contributed by atoms with E-state index >= 15 is 0 Å². The molecule has 30 heavy (non-hydrogen) atoms. The van der Waals surface area contributed by atoms with Crippen molar-refractivity contribution in [3.63, 3.8) is 0 Å². The largest absolute Gasteiger partial charge is 0.368 e. The van der Waals surface area contributed by atoms with Gasteiger partial charge in [0.15, 0.2) is 0 Å². The number of aliphatic imine (C=N–C) groups is 1. The maximum atomic E-state index is 9.14. The normalized spacial score (nSPS) is 17.8. The molecule has 0 unspecified atom stereocenters. The first kappa shape index (κ1) is 19.9. The maximum Gasteiger partial charge on any atom is 0.222 e. The third-order valence-corrected chi connectivity index (χ3v) is 5.76. The van der Waals surface area contributed by atoms with Gasteiger partial charge in [-0.15, -0.1) is 4.99 Å². The Morgan fingerprint density at radius 2 is 2.00 bits per heavy atom. The number of nitriles is 1. The van der Waals surface area contributed by atoms with Gasteiger partial charge >= 0.3 is 0 Å². The lowest BCUT2D eigenvalue weighted by Crippen LogP contribution is -2.54. The van der Waals surface area contributed by atoms with Gasteiger partial charge in [-0.25, -0.2) is 4.98 Å².